The maximum absolute atomic E-state index is 13.3. The zero-order valence-corrected chi connectivity index (χ0v) is 14.6. The average Bonchev–Trinajstić information content (AvgIpc) is 3.19. The second-order valence-corrected chi connectivity index (χ2v) is 6.42. The molecule has 0 spiro atoms. The van der Waals surface area contributed by atoms with Crippen molar-refractivity contribution >= 4 is 17.3 Å². The number of hydrogen-bond donors (Lipinski definition) is 1. The molecule has 0 bridgehead atoms. The molecule has 132 valence electrons. The first-order valence-corrected chi connectivity index (χ1v) is 8.83. The van der Waals surface area contributed by atoms with Gasteiger partial charge in [0.1, 0.15) is 5.71 Å². The van der Waals surface area contributed by atoms with Crippen molar-refractivity contribution in [3.05, 3.63) is 108 Å². The molecule has 4 rings (SSSR count). The van der Waals surface area contributed by atoms with Crippen molar-refractivity contribution in [2.75, 3.05) is 0 Å². The summed E-state index contributed by atoms with van der Waals surface area (Å²) in [6.45, 7) is 0. The van der Waals surface area contributed by atoms with Crippen molar-refractivity contribution in [3.8, 4) is 0 Å². The minimum atomic E-state index is -0.678. The van der Waals surface area contributed by atoms with Gasteiger partial charge in [-0.05, 0) is 5.56 Å². The summed E-state index contributed by atoms with van der Waals surface area (Å²) in [7, 11) is 0. The Morgan fingerprint density at radius 1 is 0.704 bits per heavy atom. The standard InChI is InChI=1S/C23H18N2O2/c26-22(17-12-6-2-7-13-17)19-20(16-10-4-1-5-11-16)24-25-21(19)23(27)18-14-8-3-9-15-18/h1-15,19-20,24H/t19-,20-/m1/s1. The van der Waals surface area contributed by atoms with Gasteiger partial charge in [0, 0.05) is 11.1 Å². The fourth-order valence-corrected chi connectivity index (χ4v) is 3.36. The largest absolute Gasteiger partial charge is 0.301 e. The van der Waals surface area contributed by atoms with Crippen LogP contribution in [0.15, 0.2) is 96.1 Å². The van der Waals surface area contributed by atoms with Gasteiger partial charge in [0.05, 0.1) is 12.0 Å². The quantitative estimate of drug-likeness (QED) is 0.703. The topological polar surface area (TPSA) is 58.5 Å². The van der Waals surface area contributed by atoms with Gasteiger partial charge in [-0.15, -0.1) is 0 Å². The number of ketones is 2. The lowest BCUT2D eigenvalue weighted by Gasteiger charge is -2.20. The smallest absolute Gasteiger partial charge is 0.209 e. The van der Waals surface area contributed by atoms with Crippen LogP contribution in [0.4, 0.5) is 0 Å². The molecule has 0 saturated carbocycles. The molecule has 1 aliphatic heterocycles. The molecule has 0 amide bonds. The van der Waals surface area contributed by atoms with Crippen molar-refractivity contribution in [1.82, 2.24) is 5.43 Å². The number of rotatable bonds is 5. The normalized spacial score (nSPS) is 18.4. The third kappa shape index (κ3) is 3.29. The molecule has 0 aliphatic carbocycles. The summed E-state index contributed by atoms with van der Waals surface area (Å²) >= 11 is 0. The van der Waals surface area contributed by atoms with Gasteiger partial charge in [0.15, 0.2) is 5.78 Å². The van der Waals surface area contributed by atoms with Crippen LogP contribution in [0.2, 0.25) is 0 Å². The Balaban J connectivity index is 1.74. The minimum Gasteiger partial charge on any atom is -0.301 e. The second kappa shape index (κ2) is 7.38. The van der Waals surface area contributed by atoms with Crippen LogP contribution in [0.25, 0.3) is 0 Å². The Morgan fingerprint density at radius 3 is 1.81 bits per heavy atom. The van der Waals surface area contributed by atoms with Crippen molar-refractivity contribution in [1.29, 1.82) is 0 Å². The van der Waals surface area contributed by atoms with Crippen molar-refractivity contribution in [3.63, 3.8) is 0 Å². The molecule has 0 fully saturated rings. The summed E-state index contributed by atoms with van der Waals surface area (Å²) in [4.78, 5) is 26.4. The van der Waals surface area contributed by atoms with Crippen LogP contribution in [0.1, 0.15) is 32.3 Å². The van der Waals surface area contributed by atoms with Gasteiger partial charge in [0.2, 0.25) is 5.78 Å². The lowest BCUT2D eigenvalue weighted by atomic mass is 9.82. The third-order valence-corrected chi connectivity index (χ3v) is 4.72. The van der Waals surface area contributed by atoms with E-state index in [1.165, 1.54) is 0 Å². The summed E-state index contributed by atoms with van der Waals surface area (Å²) in [6.07, 6.45) is 0. The van der Waals surface area contributed by atoms with Gasteiger partial charge in [-0.1, -0.05) is 91.0 Å². The number of Topliss-reactive ketones (excluding diaryl/α,β-unsaturated/α-hetero) is 2. The number of carbonyl (C=O) groups is 2. The predicted octanol–water partition coefficient (Wildman–Crippen LogP) is 4.07. The summed E-state index contributed by atoms with van der Waals surface area (Å²) in [6, 6.07) is 27.2. The molecule has 0 saturated heterocycles. The van der Waals surface area contributed by atoms with E-state index in [1.807, 2.05) is 54.6 Å². The van der Waals surface area contributed by atoms with Crippen LogP contribution < -0.4 is 5.43 Å². The van der Waals surface area contributed by atoms with E-state index in [-0.39, 0.29) is 23.3 Å². The second-order valence-electron chi connectivity index (χ2n) is 6.42. The fourth-order valence-electron chi connectivity index (χ4n) is 3.36. The van der Waals surface area contributed by atoms with Crippen LogP contribution in [0.3, 0.4) is 0 Å². The van der Waals surface area contributed by atoms with Gasteiger partial charge in [-0.25, -0.2) is 0 Å². The summed E-state index contributed by atoms with van der Waals surface area (Å²) in [5.41, 5.74) is 5.29. The van der Waals surface area contributed by atoms with Gasteiger partial charge < -0.3 is 5.43 Å². The van der Waals surface area contributed by atoms with E-state index in [1.54, 1.807) is 36.4 Å². The molecule has 3 aromatic carbocycles. The Hall–Kier alpha value is -3.53. The number of nitrogens with one attached hydrogen (secondary N) is 1. The highest BCUT2D eigenvalue weighted by Gasteiger charge is 2.41. The van der Waals surface area contributed by atoms with Crippen LogP contribution in [0, 0.1) is 5.92 Å². The van der Waals surface area contributed by atoms with E-state index in [0.29, 0.717) is 11.1 Å². The molecule has 27 heavy (non-hydrogen) atoms. The number of hydrazone groups is 1. The Bertz CT molecular complexity index is 983. The lowest BCUT2D eigenvalue weighted by Crippen LogP contribution is -2.33. The maximum atomic E-state index is 13.3. The first-order chi connectivity index (χ1) is 13.3. The molecule has 1 N–H and O–H groups in total. The molecule has 1 aliphatic rings. The first kappa shape index (κ1) is 16.9. The van der Waals surface area contributed by atoms with Crippen molar-refractivity contribution < 1.29 is 9.59 Å². The van der Waals surface area contributed by atoms with Gasteiger partial charge >= 0.3 is 0 Å². The minimum absolute atomic E-state index is 0.113. The van der Waals surface area contributed by atoms with Crippen molar-refractivity contribution in [2.24, 2.45) is 11.0 Å². The van der Waals surface area contributed by atoms with Crippen LogP contribution in [-0.4, -0.2) is 17.3 Å². The third-order valence-electron chi connectivity index (χ3n) is 4.72. The van der Waals surface area contributed by atoms with Crippen molar-refractivity contribution in [2.45, 2.75) is 6.04 Å². The summed E-state index contributed by atoms with van der Waals surface area (Å²) in [5, 5.41) is 4.29. The summed E-state index contributed by atoms with van der Waals surface area (Å²) in [5.74, 6) is -1.02. The first-order valence-electron chi connectivity index (χ1n) is 8.83. The number of hydrogen-bond acceptors (Lipinski definition) is 4. The van der Waals surface area contributed by atoms with Gasteiger partial charge in [-0.3, -0.25) is 9.59 Å². The van der Waals surface area contributed by atoms with Crippen LogP contribution in [-0.2, 0) is 0 Å². The van der Waals surface area contributed by atoms with Gasteiger partial charge in [0.25, 0.3) is 0 Å². The molecule has 0 aromatic heterocycles. The molecular weight excluding hydrogens is 336 g/mol. The molecule has 4 heteroatoms. The van der Waals surface area contributed by atoms with Gasteiger partial charge in [-0.2, -0.15) is 5.10 Å². The van der Waals surface area contributed by atoms with E-state index in [4.69, 9.17) is 0 Å². The highest BCUT2D eigenvalue weighted by Crippen LogP contribution is 2.32. The molecule has 1 heterocycles. The van der Waals surface area contributed by atoms with Crippen LogP contribution >= 0.6 is 0 Å². The maximum Gasteiger partial charge on any atom is 0.209 e. The predicted molar refractivity (Wildman–Crippen MR) is 105 cm³/mol. The molecule has 0 radical (unpaired) electrons. The van der Waals surface area contributed by atoms with E-state index < -0.39 is 5.92 Å². The Kier molecular flexibility index (Phi) is 4.62. The Labute approximate surface area is 157 Å². The van der Waals surface area contributed by atoms with Crippen LogP contribution in [0.5, 0.6) is 0 Å². The van der Waals surface area contributed by atoms with E-state index in [0.717, 1.165) is 5.56 Å². The van der Waals surface area contributed by atoms with E-state index >= 15 is 0 Å². The zero-order valence-electron chi connectivity index (χ0n) is 14.6. The molecule has 4 nitrogen and oxygen atoms in total. The number of nitrogens with zero attached hydrogens (tertiary/aromatic N) is 1. The molecule has 2 atom stereocenters. The molecular formula is C23H18N2O2. The molecule has 3 aromatic rings. The van der Waals surface area contributed by atoms with E-state index in [9.17, 15) is 9.59 Å². The fraction of sp³-hybridized carbons (Fsp3) is 0.0870. The zero-order chi connectivity index (χ0) is 18.6. The average molecular weight is 354 g/mol. The molecule has 0 unspecified atom stereocenters. The number of benzene rings is 3. The summed E-state index contributed by atoms with van der Waals surface area (Å²) < 4.78 is 0. The van der Waals surface area contributed by atoms with E-state index in [2.05, 4.69) is 10.5 Å². The number of carbonyl (C=O) groups excluding carboxylic acids is 2. The SMILES string of the molecule is O=C(C1=NN[C@H](c2ccccc2)[C@H]1C(=O)c1ccccc1)c1ccccc1. The monoisotopic (exact) mass is 354 g/mol. The Morgan fingerprint density at radius 2 is 1.22 bits per heavy atom. The highest BCUT2D eigenvalue weighted by molar-refractivity contribution is 6.50. The highest BCUT2D eigenvalue weighted by atomic mass is 16.1. The lowest BCUT2D eigenvalue weighted by molar-refractivity contribution is 0.0927.